The third kappa shape index (κ3) is 2.86. The number of anilines is 1. The van der Waals surface area contributed by atoms with Gasteiger partial charge in [0.15, 0.2) is 5.65 Å². The summed E-state index contributed by atoms with van der Waals surface area (Å²) in [6.45, 7) is 6.64. The van der Waals surface area contributed by atoms with E-state index in [-0.39, 0.29) is 0 Å². The van der Waals surface area contributed by atoms with Gasteiger partial charge in [-0.2, -0.15) is 5.10 Å². The van der Waals surface area contributed by atoms with E-state index in [0.717, 1.165) is 68.2 Å². The number of aryl methyl sites for hydroxylation is 2. The Morgan fingerprint density at radius 1 is 1.12 bits per heavy atom. The first-order valence-electron chi connectivity index (χ1n) is 8.90. The normalized spacial score (nSPS) is 21.7. The first kappa shape index (κ1) is 15.8. The summed E-state index contributed by atoms with van der Waals surface area (Å²) < 4.78 is 1.79. The fraction of sp³-hybridized carbons (Fsp3) is 0.706. The van der Waals surface area contributed by atoms with E-state index in [1.165, 1.54) is 12.8 Å². The molecule has 2 aliphatic rings. The molecule has 0 atom stereocenters. The third-order valence-electron chi connectivity index (χ3n) is 5.39. The van der Waals surface area contributed by atoms with Crippen molar-refractivity contribution in [2.75, 3.05) is 37.6 Å². The van der Waals surface area contributed by atoms with E-state index in [1.54, 1.807) is 4.68 Å². The molecule has 0 aliphatic carbocycles. The maximum Gasteiger partial charge on any atom is 0.163 e. The second kappa shape index (κ2) is 5.97. The van der Waals surface area contributed by atoms with E-state index < -0.39 is 5.60 Å². The standard InChI is InChI=1S/C17H26N6O/c1-13-19-15-14(11-18-21(15)2)16(20-13)23-9-5-17(24,6-10-23)12-22-7-3-4-8-22/h11,24H,3-10,12H2,1-2H3. The van der Waals surface area contributed by atoms with Crippen LogP contribution < -0.4 is 4.90 Å². The monoisotopic (exact) mass is 330 g/mol. The smallest absolute Gasteiger partial charge is 0.163 e. The first-order chi connectivity index (χ1) is 11.5. The Morgan fingerprint density at radius 3 is 2.54 bits per heavy atom. The highest BCUT2D eigenvalue weighted by Gasteiger charge is 2.35. The molecule has 2 saturated heterocycles. The SMILES string of the molecule is Cc1nc(N2CCC(O)(CN3CCCC3)CC2)c2cnn(C)c2n1. The largest absolute Gasteiger partial charge is 0.388 e. The highest BCUT2D eigenvalue weighted by atomic mass is 16.3. The summed E-state index contributed by atoms with van der Waals surface area (Å²) in [5.74, 6) is 1.72. The van der Waals surface area contributed by atoms with Crippen LogP contribution in [0.1, 0.15) is 31.5 Å². The summed E-state index contributed by atoms with van der Waals surface area (Å²) in [7, 11) is 1.91. The van der Waals surface area contributed by atoms with Crippen molar-refractivity contribution in [2.45, 2.75) is 38.2 Å². The first-order valence-corrected chi connectivity index (χ1v) is 8.90. The molecule has 0 radical (unpaired) electrons. The summed E-state index contributed by atoms with van der Waals surface area (Å²) in [5.41, 5.74) is 0.312. The van der Waals surface area contributed by atoms with Crippen molar-refractivity contribution in [1.82, 2.24) is 24.6 Å². The molecule has 0 spiro atoms. The van der Waals surface area contributed by atoms with Crippen LogP contribution in [0, 0.1) is 6.92 Å². The Hall–Kier alpha value is -1.73. The van der Waals surface area contributed by atoms with E-state index in [2.05, 4.69) is 24.9 Å². The molecule has 0 amide bonds. The number of piperidine rings is 1. The third-order valence-corrected chi connectivity index (χ3v) is 5.39. The summed E-state index contributed by atoms with van der Waals surface area (Å²) in [6.07, 6.45) is 5.95. The van der Waals surface area contributed by atoms with Crippen LogP contribution in [0.15, 0.2) is 6.20 Å². The molecule has 2 aromatic heterocycles. The van der Waals surface area contributed by atoms with E-state index in [0.29, 0.717) is 0 Å². The minimum atomic E-state index is -0.559. The number of aliphatic hydroxyl groups is 1. The molecule has 7 nitrogen and oxygen atoms in total. The highest BCUT2D eigenvalue weighted by molar-refractivity contribution is 5.87. The van der Waals surface area contributed by atoms with Gasteiger partial charge in [0, 0.05) is 26.7 Å². The Balaban J connectivity index is 1.51. The van der Waals surface area contributed by atoms with Gasteiger partial charge in [0.1, 0.15) is 11.6 Å². The lowest BCUT2D eigenvalue weighted by Gasteiger charge is -2.40. The Kier molecular flexibility index (Phi) is 3.92. The Labute approximate surface area is 142 Å². The number of hydrogen-bond acceptors (Lipinski definition) is 6. The molecular formula is C17H26N6O. The van der Waals surface area contributed by atoms with Crippen LogP contribution in [0.2, 0.25) is 0 Å². The molecule has 0 saturated carbocycles. The lowest BCUT2D eigenvalue weighted by Crippen LogP contribution is -2.50. The van der Waals surface area contributed by atoms with Gasteiger partial charge in [0.05, 0.1) is 17.2 Å². The van der Waals surface area contributed by atoms with Gasteiger partial charge in [-0.15, -0.1) is 0 Å². The molecule has 2 aliphatic heterocycles. The van der Waals surface area contributed by atoms with Crippen LogP contribution in [0.5, 0.6) is 0 Å². The molecule has 0 unspecified atom stereocenters. The number of fused-ring (bicyclic) bond motifs is 1. The van der Waals surface area contributed by atoms with Crippen LogP contribution >= 0.6 is 0 Å². The fourth-order valence-electron chi connectivity index (χ4n) is 4.00. The average Bonchev–Trinajstić information content (AvgIpc) is 3.18. The maximum absolute atomic E-state index is 11.0. The van der Waals surface area contributed by atoms with Gasteiger partial charge in [0.2, 0.25) is 0 Å². The van der Waals surface area contributed by atoms with Crippen molar-refractivity contribution in [3.05, 3.63) is 12.0 Å². The lowest BCUT2D eigenvalue weighted by molar-refractivity contribution is -0.0111. The van der Waals surface area contributed by atoms with E-state index in [9.17, 15) is 5.11 Å². The fourth-order valence-corrected chi connectivity index (χ4v) is 4.00. The van der Waals surface area contributed by atoms with Crippen molar-refractivity contribution >= 4 is 16.9 Å². The molecule has 7 heteroatoms. The van der Waals surface area contributed by atoms with Crippen molar-refractivity contribution < 1.29 is 5.11 Å². The highest BCUT2D eigenvalue weighted by Crippen LogP contribution is 2.30. The second-order valence-electron chi connectivity index (χ2n) is 7.29. The molecule has 2 fully saturated rings. The lowest BCUT2D eigenvalue weighted by atomic mass is 9.90. The predicted octanol–water partition coefficient (Wildman–Crippen LogP) is 1.10. The Morgan fingerprint density at radius 2 is 1.83 bits per heavy atom. The zero-order valence-electron chi connectivity index (χ0n) is 14.6. The minimum absolute atomic E-state index is 0.559. The zero-order valence-corrected chi connectivity index (χ0v) is 14.6. The van der Waals surface area contributed by atoms with Gasteiger partial charge in [0.25, 0.3) is 0 Å². The van der Waals surface area contributed by atoms with E-state index in [1.807, 2.05) is 20.2 Å². The van der Waals surface area contributed by atoms with Crippen molar-refractivity contribution in [3.63, 3.8) is 0 Å². The van der Waals surface area contributed by atoms with Crippen molar-refractivity contribution in [2.24, 2.45) is 7.05 Å². The van der Waals surface area contributed by atoms with Gasteiger partial charge in [-0.25, -0.2) is 9.97 Å². The predicted molar refractivity (Wildman–Crippen MR) is 93.1 cm³/mol. The van der Waals surface area contributed by atoms with E-state index >= 15 is 0 Å². The molecular weight excluding hydrogens is 304 g/mol. The molecule has 130 valence electrons. The number of aromatic nitrogens is 4. The van der Waals surface area contributed by atoms with Crippen LogP contribution in [-0.2, 0) is 7.05 Å². The maximum atomic E-state index is 11.0. The van der Waals surface area contributed by atoms with Crippen LogP contribution in [-0.4, -0.2) is 68.1 Å². The molecule has 0 bridgehead atoms. The molecule has 0 aromatic carbocycles. The van der Waals surface area contributed by atoms with Gasteiger partial charge in [-0.05, 0) is 45.7 Å². The average molecular weight is 330 g/mol. The topological polar surface area (TPSA) is 70.3 Å². The Bertz CT molecular complexity index is 728. The minimum Gasteiger partial charge on any atom is -0.388 e. The number of nitrogens with zero attached hydrogens (tertiary/aromatic N) is 6. The summed E-state index contributed by atoms with van der Waals surface area (Å²) in [5, 5.41) is 16.3. The second-order valence-corrected chi connectivity index (χ2v) is 7.29. The molecule has 4 rings (SSSR count). The van der Waals surface area contributed by atoms with Gasteiger partial charge >= 0.3 is 0 Å². The van der Waals surface area contributed by atoms with Crippen molar-refractivity contribution in [1.29, 1.82) is 0 Å². The number of rotatable bonds is 3. The van der Waals surface area contributed by atoms with Crippen LogP contribution in [0.4, 0.5) is 5.82 Å². The summed E-state index contributed by atoms with van der Waals surface area (Å²) >= 11 is 0. The number of likely N-dealkylation sites (tertiary alicyclic amines) is 1. The van der Waals surface area contributed by atoms with Crippen LogP contribution in [0.3, 0.4) is 0 Å². The molecule has 2 aromatic rings. The zero-order chi connectivity index (χ0) is 16.7. The van der Waals surface area contributed by atoms with Crippen LogP contribution in [0.25, 0.3) is 11.0 Å². The van der Waals surface area contributed by atoms with Gasteiger partial charge < -0.3 is 14.9 Å². The number of hydrogen-bond donors (Lipinski definition) is 1. The summed E-state index contributed by atoms with van der Waals surface area (Å²) in [6, 6.07) is 0. The van der Waals surface area contributed by atoms with Gasteiger partial charge in [-0.1, -0.05) is 0 Å². The molecule has 1 N–H and O–H groups in total. The summed E-state index contributed by atoms with van der Waals surface area (Å²) in [4.78, 5) is 13.8. The molecule has 24 heavy (non-hydrogen) atoms. The molecule has 4 heterocycles. The van der Waals surface area contributed by atoms with Gasteiger partial charge in [-0.3, -0.25) is 4.68 Å². The number of β-amino-alcohol motifs (C(OH)–C–C–N with tert-alkyl or cyclic N) is 1. The quantitative estimate of drug-likeness (QED) is 0.909. The van der Waals surface area contributed by atoms with Crippen molar-refractivity contribution in [3.8, 4) is 0 Å². The van der Waals surface area contributed by atoms with E-state index in [4.69, 9.17) is 0 Å².